The summed E-state index contributed by atoms with van der Waals surface area (Å²) in [5, 5.41) is 28.1. The van der Waals surface area contributed by atoms with Gasteiger partial charge in [-0.2, -0.15) is 5.26 Å². The first-order valence-corrected chi connectivity index (χ1v) is 7.04. The summed E-state index contributed by atoms with van der Waals surface area (Å²) in [5.41, 5.74) is 1.24. The molecule has 2 rings (SSSR count). The summed E-state index contributed by atoms with van der Waals surface area (Å²) in [6.07, 6.45) is 0. The van der Waals surface area contributed by atoms with Gasteiger partial charge in [-0.1, -0.05) is 0 Å². The predicted molar refractivity (Wildman–Crippen MR) is 89.8 cm³/mol. The Morgan fingerprint density at radius 3 is 2.23 bits per heavy atom. The number of hydrogen-bond donors (Lipinski definition) is 4. The van der Waals surface area contributed by atoms with Gasteiger partial charge in [0.1, 0.15) is 28.8 Å². The second-order valence-electron chi connectivity index (χ2n) is 5.43. The lowest BCUT2D eigenvalue weighted by atomic mass is 9.91. The molecule has 2 aromatic rings. The minimum absolute atomic E-state index is 0.0436. The molecule has 1 heterocycles. The number of aromatic carboxylic acids is 2. The molecular formula is C16H13FN4O5. The van der Waals surface area contributed by atoms with E-state index in [-0.39, 0.29) is 11.3 Å². The molecule has 1 aromatic heterocycles. The molecular weight excluding hydrogens is 347 g/mol. The molecule has 26 heavy (non-hydrogen) atoms. The van der Waals surface area contributed by atoms with E-state index in [2.05, 4.69) is 0 Å². The molecule has 0 aliphatic carbocycles. The number of aromatic amines is 1. The molecule has 1 aromatic carbocycles. The minimum atomic E-state index is -1.77. The van der Waals surface area contributed by atoms with Crippen LogP contribution in [0.15, 0.2) is 16.9 Å². The average molecular weight is 360 g/mol. The van der Waals surface area contributed by atoms with Gasteiger partial charge >= 0.3 is 11.9 Å². The molecule has 0 saturated heterocycles. The van der Waals surface area contributed by atoms with Crippen LogP contribution in [0.1, 0.15) is 26.3 Å². The number of nitrogens with one attached hydrogen (secondary N) is 1. The quantitative estimate of drug-likeness (QED) is 0.630. The number of nitrogen functional groups attached to an aromatic ring is 1. The summed E-state index contributed by atoms with van der Waals surface area (Å²) in [4.78, 5) is 38.6. The second-order valence-corrected chi connectivity index (χ2v) is 5.43. The number of carbonyl (C=O) groups is 2. The molecule has 0 unspecified atom stereocenters. The van der Waals surface area contributed by atoms with E-state index < -0.39 is 51.4 Å². The summed E-state index contributed by atoms with van der Waals surface area (Å²) in [6, 6.07) is 3.86. The molecule has 0 fully saturated rings. The van der Waals surface area contributed by atoms with E-state index >= 15 is 0 Å². The lowest BCUT2D eigenvalue weighted by Crippen LogP contribution is -2.25. The first-order chi connectivity index (χ1) is 12.1. The van der Waals surface area contributed by atoms with Crippen molar-refractivity contribution in [1.29, 1.82) is 5.26 Å². The van der Waals surface area contributed by atoms with Crippen LogP contribution in [0.3, 0.4) is 0 Å². The monoisotopic (exact) mass is 360 g/mol. The van der Waals surface area contributed by atoms with Crippen molar-refractivity contribution < 1.29 is 24.2 Å². The van der Waals surface area contributed by atoms with Crippen LogP contribution in [0, 0.1) is 17.1 Å². The van der Waals surface area contributed by atoms with E-state index in [0.717, 1.165) is 12.1 Å². The Kier molecular flexibility index (Phi) is 4.66. The van der Waals surface area contributed by atoms with Gasteiger partial charge in [0.2, 0.25) is 0 Å². The van der Waals surface area contributed by atoms with E-state index in [1.54, 1.807) is 0 Å². The van der Waals surface area contributed by atoms with E-state index in [9.17, 15) is 34.2 Å². The number of nitriles is 1. The Bertz CT molecular complexity index is 1040. The largest absolute Gasteiger partial charge is 0.478 e. The van der Waals surface area contributed by atoms with Crippen molar-refractivity contribution in [2.24, 2.45) is 0 Å². The van der Waals surface area contributed by atoms with Crippen molar-refractivity contribution in [1.82, 2.24) is 4.98 Å². The van der Waals surface area contributed by atoms with Crippen LogP contribution in [0.4, 0.5) is 15.9 Å². The third-order valence-electron chi connectivity index (χ3n) is 3.62. The Labute approximate surface area is 145 Å². The molecule has 0 spiro atoms. The summed E-state index contributed by atoms with van der Waals surface area (Å²) in [5.74, 6) is -5.07. The Morgan fingerprint density at radius 2 is 1.77 bits per heavy atom. The van der Waals surface area contributed by atoms with Crippen LogP contribution >= 0.6 is 0 Å². The van der Waals surface area contributed by atoms with E-state index in [1.165, 1.54) is 19.0 Å². The van der Waals surface area contributed by atoms with Crippen molar-refractivity contribution in [3.63, 3.8) is 0 Å². The van der Waals surface area contributed by atoms with Gasteiger partial charge in [-0.3, -0.25) is 4.79 Å². The Balaban J connectivity index is 3.22. The van der Waals surface area contributed by atoms with E-state index in [1.807, 2.05) is 11.1 Å². The molecule has 10 heteroatoms. The third-order valence-corrected chi connectivity index (χ3v) is 3.62. The molecule has 0 bridgehead atoms. The number of anilines is 2. The lowest BCUT2D eigenvalue weighted by molar-refractivity contribution is 0.0695. The van der Waals surface area contributed by atoms with Crippen LogP contribution in [-0.4, -0.2) is 41.2 Å². The first-order valence-electron chi connectivity index (χ1n) is 7.04. The lowest BCUT2D eigenvalue weighted by Gasteiger charge is -2.22. The molecule has 0 atom stereocenters. The summed E-state index contributed by atoms with van der Waals surface area (Å²) < 4.78 is 14.7. The Morgan fingerprint density at radius 1 is 1.19 bits per heavy atom. The van der Waals surface area contributed by atoms with Crippen molar-refractivity contribution in [2.75, 3.05) is 24.7 Å². The smallest absolute Gasteiger partial charge is 0.342 e. The van der Waals surface area contributed by atoms with Crippen molar-refractivity contribution >= 4 is 23.4 Å². The van der Waals surface area contributed by atoms with Crippen LogP contribution < -0.4 is 16.2 Å². The van der Waals surface area contributed by atoms with Crippen LogP contribution in [-0.2, 0) is 0 Å². The molecule has 134 valence electrons. The van der Waals surface area contributed by atoms with Gasteiger partial charge < -0.3 is 25.8 Å². The number of benzene rings is 1. The van der Waals surface area contributed by atoms with Gasteiger partial charge in [0, 0.05) is 25.2 Å². The second kappa shape index (κ2) is 6.56. The maximum Gasteiger partial charge on any atom is 0.342 e. The number of aromatic nitrogens is 1. The van der Waals surface area contributed by atoms with E-state index in [0.29, 0.717) is 0 Å². The molecule has 5 N–H and O–H groups in total. The van der Waals surface area contributed by atoms with Gasteiger partial charge in [-0.05, 0) is 12.1 Å². The summed E-state index contributed by atoms with van der Waals surface area (Å²) in [7, 11) is 2.91. The fraction of sp³-hybridized carbons (Fsp3) is 0.125. The fourth-order valence-electron chi connectivity index (χ4n) is 2.66. The summed E-state index contributed by atoms with van der Waals surface area (Å²) >= 11 is 0. The summed E-state index contributed by atoms with van der Waals surface area (Å²) in [6.45, 7) is 0. The van der Waals surface area contributed by atoms with Crippen LogP contribution in [0.25, 0.3) is 11.1 Å². The number of rotatable bonds is 4. The minimum Gasteiger partial charge on any atom is -0.478 e. The number of carboxylic acids is 2. The molecule has 0 amide bonds. The number of nitrogens with two attached hydrogens (primary N) is 1. The molecule has 9 nitrogen and oxygen atoms in total. The van der Waals surface area contributed by atoms with Crippen molar-refractivity contribution in [2.45, 2.75) is 0 Å². The zero-order valence-electron chi connectivity index (χ0n) is 13.6. The fourth-order valence-corrected chi connectivity index (χ4v) is 2.66. The maximum absolute atomic E-state index is 14.7. The molecule has 0 aliphatic rings. The highest BCUT2D eigenvalue weighted by Gasteiger charge is 2.31. The number of nitrogens with zero attached hydrogens (tertiary/aromatic N) is 2. The van der Waals surface area contributed by atoms with Gasteiger partial charge in [0.15, 0.2) is 0 Å². The molecule has 0 radical (unpaired) electrons. The number of hydrogen-bond acceptors (Lipinski definition) is 6. The van der Waals surface area contributed by atoms with Crippen molar-refractivity contribution in [3.05, 3.63) is 45.0 Å². The van der Waals surface area contributed by atoms with E-state index in [4.69, 9.17) is 5.73 Å². The topological polar surface area (TPSA) is 161 Å². The number of pyridine rings is 1. The zero-order valence-corrected chi connectivity index (χ0v) is 13.6. The highest BCUT2D eigenvalue weighted by Crippen LogP contribution is 2.39. The number of H-pyrrole nitrogens is 1. The molecule has 0 saturated carbocycles. The van der Waals surface area contributed by atoms with Crippen molar-refractivity contribution in [3.8, 4) is 17.2 Å². The average Bonchev–Trinajstić information content (AvgIpc) is 2.52. The van der Waals surface area contributed by atoms with Gasteiger partial charge in [0.05, 0.1) is 11.3 Å². The highest BCUT2D eigenvalue weighted by molar-refractivity contribution is 6.09. The van der Waals surface area contributed by atoms with Gasteiger partial charge in [-0.25, -0.2) is 14.0 Å². The normalized spacial score (nSPS) is 10.2. The predicted octanol–water partition coefficient (Wildman–Crippen LogP) is 1.10. The zero-order chi connectivity index (χ0) is 19.8. The van der Waals surface area contributed by atoms with Crippen LogP contribution in [0.2, 0.25) is 0 Å². The number of carboxylic acid groups (broad SMARTS) is 2. The SMILES string of the molecule is CN(C)c1c(C#N)ccc(F)c1-c1c(C(=O)O)c(N)[nH]c(=O)c1C(=O)O. The maximum atomic E-state index is 14.7. The highest BCUT2D eigenvalue weighted by atomic mass is 19.1. The Hall–Kier alpha value is -3.87. The first kappa shape index (κ1) is 18.5. The molecule has 0 aliphatic heterocycles. The van der Waals surface area contributed by atoms with Crippen LogP contribution in [0.5, 0.6) is 0 Å². The number of halogens is 1. The standard InChI is InChI=1S/C16H13FN4O5/c1-21(2)12-6(5-18)3-4-7(17)8(12)9-10(15(23)24)13(19)20-14(22)11(9)16(25)26/h3-4H,1-2H3,(H,23,24)(H,25,26)(H3,19,20,22). The third kappa shape index (κ3) is 2.82. The van der Waals surface area contributed by atoms with Gasteiger partial charge in [0.25, 0.3) is 5.56 Å². The van der Waals surface area contributed by atoms with Gasteiger partial charge in [-0.15, -0.1) is 0 Å².